The van der Waals surface area contributed by atoms with Gasteiger partial charge in [0.25, 0.3) is 0 Å². The summed E-state index contributed by atoms with van der Waals surface area (Å²) in [5, 5.41) is 7.25. The molecule has 0 saturated heterocycles. The molecule has 1 unspecified atom stereocenters. The zero-order valence-electron chi connectivity index (χ0n) is 11.5. The SMILES string of the molecule is CCCNC(c1cc(Br)c(Cl)s1)c1csc2ccccc12. The van der Waals surface area contributed by atoms with Gasteiger partial charge in [-0.25, -0.2) is 0 Å². The van der Waals surface area contributed by atoms with E-state index in [0.29, 0.717) is 0 Å². The highest BCUT2D eigenvalue weighted by Crippen LogP contribution is 2.40. The molecule has 0 spiro atoms. The summed E-state index contributed by atoms with van der Waals surface area (Å²) in [7, 11) is 0. The van der Waals surface area contributed by atoms with Gasteiger partial charge in [0.15, 0.2) is 0 Å². The molecule has 0 aliphatic carbocycles. The molecule has 3 rings (SSSR count). The Hall–Kier alpha value is -0.390. The van der Waals surface area contributed by atoms with Crippen LogP contribution < -0.4 is 5.32 Å². The average molecular weight is 401 g/mol. The second-order valence-corrected chi connectivity index (χ2v) is 8.30. The molecule has 21 heavy (non-hydrogen) atoms. The molecule has 2 aromatic heterocycles. The third-order valence-electron chi connectivity index (χ3n) is 3.37. The molecule has 110 valence electrons. The summed E-state index contributed by atoms with van der Waals surface area (Å²) >= 11 is 13.2. The molecule has 3 aromatic rings. The number of hydrogen-bond acceptors (Lipinski definition) is 3. The lowest BCUT2D eigenvalue weighted by atomic mass is 10.0. The molecule has 1 aromatic carbocycles. The van der Waals surface area contributed by atoms with Crippen molar-refractivity contribution >= 4 is 60.3 Å². The Morgan fingerprint density at radius 1 is 1.33 bits per heavy atom. The molecule has 0 bridgehead atoms. The summed E-state index contributed by atoms with van der Waals surface area (Å²) in [6, 6.07) is 10.9. The summed E-state index contributed by atoms with van der Waals surface area (Å²) in [4.78, 5) is 1.25. The van der Waals surface area contributed by atoms with Crippen LogP contribution in [0.2, 0.25) is 4.34 Å². The minimum absolute atomic E-state index is 0.204. The monoisotopic (exact) mass is 399 g/mol. The van der Waals surface area contributed by atoms with Gasteiger partial charge in [0.2, 0.25) is 0 Å². The molecule has 2 heterocycles. The number of hydrogen-bond donors (Lipinski definition) is 1. The van der Waals surface area contributed by atoms with E-state index in [1.54, 1.807) is 22.7 Å². The van der Waals surface area contributed by atoms with Crippen molar-refractivity contribution in [3.8, 4) is 0 Å². The minimum Gasteiger partial charge on any atom is -0.306 e. The Balaban J connectivity index is 2.06. The van der Waals surface area contributed by atoms with Crippen molar-refractivity contribution < 1.29 is 0 Å². The van der Waals surface area contributed by atoms with Crippen LogP contribution in [0.3, 0.4) is 0 Å². The van der Waals surface area contributed by atoms with E-state index in [0.717, 1.165) is 21.8 Å². The third kappa shape index (κ3) is 3.20. The van der Waals surface area contributed by atoms with E-state index >= 15 is 0 Å². The molecule has 1 N–H and O–H groups in total. The second kappa shape index (κ2) is 6.80. The highest BCUT2D eigenvalue weighted by molar-refractivity contribution is 9.10. The van der Waals surface area contributed by atoms with Gasteiger partial charge in [-0.3, -0.25) is 0 Å². The van der Waals surface area contributed by atoms with E-state index < -0.39 is 0 Å². The fourth-order valence-corrected chi connectivity index (χ4v) is 5.20. The van der Waals surface area contributed by atoms with E-state index in [1.807, 2.05) is 0 Å². The second-order valence-electron chi connectivity index (χ2n) is 4.84. The number of benzene rings is 1. The van der Waals surface area contributed by atoms with Gasteiger partial charge in [-0.1, -0.05) is 36.7 Å². The molecule has 1 atom stereocenters. The Morgan fingerprint density at radius 2 is 2.14 bits per heavy atom. The Morgan fingerprint density at radius 3 is 2.86 bits per heavy atom. The van der Waals surface area contributed by atoms with Crippen LogP contribution in [0.15, 0.2) is 40.2 Å². The topological polar surface area (TPSA) is 12.0 Å². The molecule has 0 amide bonds. The Kier molecular flexibility index (Phi) is 5.02. The zero-order chi connectivity index (χ0) is 14.8. The largest absolute Gasteiger partial charge is 0.306 e. The van der Waals surface area contributed by atoms with Crippen LogP contribution in [0, 0.1) is 0 Å². The lowest BCUT2D eigenvalue weighted by molar-refractivity contribution is 0.610. The minimum atomic E-state index is 0.204. The molecule has 1 nitrogen and oxygen atoms in total. The highest BCUT2D eigenvalue weighted by atomic mass is 79.9. The first-order valence-electron chi connectivity index (χ1n) is 6.85. The third-order valence-corrected chi connectivity index (χ3v) is 6.89. The van der Waals surface area contributed by atoms with Gasteiger partial charge in [0.1, 0.15) is 4.34 Å². The van der Waals surface area contributed by atoms with Crippen LogP contribution in [0.25, 0.3) is 10.1 Å². The number of fused-ring (bicyclic) bond motifs is 1. The van der Waals surface area contributed by atoms with Crippen LogP contribution in [0.4, 0.5) is 0 Å². The zero-order valence-corrected chi connectivity index (χ0v) is 15.5. The van der Waals surface area contributed by atoms with Gasteiger partial charge in [0.05, 0.1) is 6.04 Å². The lowest BCUT2D eigenvalue weighted by Crippen LogP contribution is -2.22. The number of halogens is 2. The molecule has 0 radical (unpaired) electrons. The first-order chi connectivity index (χ1) is 10.2. The van der Waals surface area contributed by atoms with Crippen LogP contribution in [-0.4, -0.2) is 6.54 Å². The van der Waals surface area contributed by atoms with Crippen LogP contribution in [0.1, 0.15) is 29.8 Å². The van der Waals surface area contributed by atoms with Crippen molar-refractivity contribution in [1.29, 1.82) is 0 Å². The summed E-state index contributed by atoms with van der Waals surface area (Å²) in [6.45, 7) is 3.18. The number of thiophene rings is 2. The Bertz CT molecular complexity index is 730. The van der Waals surface area contributed by atoms with E-state index in [-0.39, 0.29) is 6.04 Å². The van der Waals surface area contributed by atoms with Crippen molar-refractivity contribution in [1.82, 2.24) is 5.32 Å². The molecular formula is C16H15BrClNS2. The maximum Gasteiger partial charge on any atom is 0.107 e. The predicted octanol–water partition coefficient (Wildman–Crippen LogP) is 6.47. The van der Waals surface area contributed by atoms with E-state index in [1.165, 1.54) is 20.5 Å². The van der Waals surface area contributed by atoms with E-state index in [4.69, 9.17) is 11.6 Å². The van der Waals surface area contributed by atoms with Gasteiger partial charge in [0, 0.05) is 14.0 Å². The highest BCUT2D eigenvalue weighted by Gasteiger charge is 2.20. The smallest absolute Gasteiger partial charge is 0.107 e. The van der Waals surface area contributed by atoms with Gasteiger partial charge in [-0.2, -0.15) is 0 Å². The molecule has 0 aliphatic rings. The maximum absolute atomic E-state index is 6.23. The average Bonchev–Trinajstić information content (AvgIpc) is 3.05. The van der Waals surface area contributed by atoms with Crippen molar-refractivity contribution in [3.63, 3.8) is 0 Å². The predicted molar refractivity (Wildman–Crippen MR) is 99.0 cm³/mol. The van der Waals surface area contributed by atoms with E-state index in [9.17, 15) is 0 Å². The molecular weight excluding hydrogens is 386 g/mol. The first kappa shape index (κ1) is 15.5. The maximum atomic E-state index is 6.23. The fraction of sp³-hybridized carbons (Fsp3) is 0.250. The summed E-state index contributed by atoms with van der Waals surface area (Å²) < 4.78 is 3.12. The fourth-order valence-electron chi connectivity index (χ4n) is 2.38. The van der Waals surface area contributed by atoms with Gasteiger partial charge in [-0.15, -0.1) is 22.7 Å². The van der Waals surface area contributed by atoms with Gasteiger partial charge >= 0.3 is 0 Å². The van der Waals surface area contributed by atoms with Crippen molar-refractivity contribution in [2.45, 2.75) is 19.4 Å². The Labute approximate surface area is 146 Å². The summed E-state index contributed by atoms with van der Waals surface area (Å²) in [5.74, 6) is 0. The van der Waals surface area contributed by atoms with E-state index in [2.05, 4.69) is 63.9 Å². The summed E-state index contributed by atoms with van der Waals surface area (Å²) in [6.07, 6.45) is 1.11. The van der Waals surface area contributed by atoms with Crippen molar-refractivity contribution in [3.05, 3.63) is 55.0 Å². The summed E-state index contributed by atoms with van der Waals surface area (Å²) in [5.41, 5.74) is 1.34. The van der Waals surface area contributed by atoms with Crippen molar-refractivity contribution in [2.24, 2.45) is 0 Å². The normalized spacial score (nSPS) is 12.9. The van der Waals surface area contributed by atoms with Crippen LogP contribution >= 0.6 is 50.2 Å². The number of nitrogens with one attached hydrogen (secondary N) is 1. The van der Waals surface area contributed by atoms with Gasteiger partial charge < -0.3 is 5.32 Å². The molecule has 5 heteroatoms. The van der Waals surface area contributed by atoms with Gasteiger partial charge in [-0.05, 0) is 57.4 Å². The van der Waals surface area contributed by atoms with Crippen LogP contribution in [0.5, 0.6) is 0 Å². The lowest BCUT2D eigenvalue weighted by Gasteiger charge is -2.17. The van der Waals surface area contributed by atoms with Crippen LogP contribution in [-0.2, 0) is 0 Å². The molecule has 0 aliphatic heterocycles. The molecule has 0 fully saturated rings. The number of rotatable bonds is 5. The quantitative estimate of drug-likeness (QED) is 0.517. The standard InChI is InChI=1S/C16H15BrClNS2/c1-2-7-19-15(14-8-12(17)16(18)21-14)11-9-20-13-6-4-3-5-10(11)13/h3-6,8-9,15,19H,2,7H2,1H3. The van der Waals surface area contributed by atoms with Crippen molar-refractivity contribution in [2.75, 3.05) is 6.54 Å². The first-order valence-corrected chi connectivity index (χ1v) is 9.71. The molecule has 0 saturated carbocycles.